The highest BCUT2D eigenvalue weighted by Crippen LogP contribution is 2.25. The topological polar surface area (TPSA) is 67.2 Å². The van der Waals surface area contributed by atoms with Crippen molar-refractivity contribution >= 4 is 5.91 Å². The van der Waals surface area contributed by atoms with Crippen molar-refractivity contribution in [3.05, 3.63) is 48.0 Å². The van der Waals surface area contributed by atoms with Gasteiger partial charge in [-0.2, -0.15) is 5.10 Å². The maximum Gasteiger partial charge on any atom is 0.223 e. The van der Waals surface area contributed by atoms with Gasteiger partial charge in [0, 0.05) is 17.7 Å². The van der Waals surface area contributed by atoms with Crippen molar-refractivity contribution in [2.24, 2.45) is 5.92 Å². The highest BCUT2D eigenvalue weighted by atomic mass is 19.1. The second-order valence-electron chi connectivity index (χ2n) is 6.41. The van der Waals surface area contributed by atoms with E-state index in [1.165, 1.54) is 10.7 Å². The third kappa shape index (κ3) is 3.64. The Morgan fingerprint density at radius 3 is 2.75 bits per heavy atom. The molecule has 128 valence electrons. The molecular weight excluding hydrogens is 309 g/mol. The van der Waals surface area contributed by atoms with Crippen molar-refractivity contribution in [3.8, 4) is 5.69 Å². The summed E-state index contributed by atoms with van der Waals surface area (Å²) < 4.78 is 15.3. The summed E-state index contributed by atoms with van der Waals surface area (Å²) in [5.74, 6) is -0.380. The van der Waals surface area contributed by atoms with Crippen LogP contribution in [0.3, 0.4) is 0 Å². The molecule has 2 aromatic rings. The Balaban J connectivity index is 1.65. The molecule has 2 N–H and O–H groups in total. The Hall–Kier alpha value is -2.21. The van der Waals surface area contributed by atoms with Crippen LogP contribution in [-0.2, 0) is 4.79 Å². The maximum absolute atomic E-state index is 13.8. The molecular formula is C18H22FN3O2. The Morgan fingerprint density at radius 1 is 1.33 bits per heavy atom. The first-order valence-corrected chi connectivity index (χ1v) is 8.32. The summed E-state index contributed by atoms with van der Waals surface area (Å²) in [7, 11) is 0. The number of nitrogens with one attached hydrogen (secondary N) is 1. The lowest BCUT2D eigenvalue weighted by Gasteiger charge is -2.25. The molecule has 5 nitrogen and oxygen atoms in total. The number of rotatable bonds is 4. The number of nitrogens with zero attached hydrogens (tertiary/aromatic N) is 2. The van der Waals surface area contributed by atoms with Crippen LogP contribution in [0.1, 0.15) is 44.2 Å². The van der Waals surface area contributed by atoms with Crippen molar-refractivity contribution < 1.29 is 14.3 Å². The van der Waals surface area contributed by atoms with Gasteiger partial charge in [-0.05, 0) is 44.7 Å². The van der Waals surface area contributed by atoms with Crippen LogP contribution in [0.5, 0.6) is 0 Å². The van der Waals surface area contributed by atoms with Crippen LogP contribution in [0.2, 0.25) is 0 Å². The van der Waals surface area contributed by atoms with Crippen LogP contribution in [0.4, 0.5) is 4.39 Å². The fraction of sp³-hybridized carbons (Fsp3) is 0.444. The largest absolute Gasteiger partial charge is 0.393 e. The average Bonchev–Trinajstić information content (AvgIpc) is 3.05. The summed E-state index contributed by atoms with van der Waals surface area (Å²) in [6.07, 6.45) is 5.89. The second-order valence-corrected chi connectivity index (χ2v) is 6.41. The molecule has 1 aromatic heterocycles. The van der Waals surface area contributed by atoms with E-state index >= 15 is 0 Å². The van der Waals surface area contributed by atoms with Crippen LogP contribution in [0.15, 0.2) is 36.7 Å². The van der Waals surface area contributed by atoms with Crippen LogP contribution in [-0.4, -0.2) is 26.9 Å². The van der Waals surface area contributed by atoms with Gasteiger partial charge in [0.2, 0.25) is 5.91 Å². The smallest absolute Gasteiger partial charge is 0.223 e. The van der Waals surface area contributed by atoms with E-state index in [0.29, 0.717) is 31.4 Å². The standard InChI is InChI=1S/C18H22FN3O2/c1-12(21-18(24)13-6-8-15(23)9-7-13)14-10-20-22(11-14)17-5-3-2-4-16(17)19/h2-5,10-13,15,23H,6-9H2,1H3,(H,21,24)/t12-,13?,15?/m1/s1. The molecule has 0 spiro atoms. The molecule has 0 saturated heterocycles. The first-order valence-electron chi connectivity index (χ1n) is 8.32. The van der Waals surface area contributed by atoms with Gasteiger partial charge >= 0.3 is 0 Å². The van der Waals surface area contributed by atoms with Crippen LogP contribution < -0.4 is 5.32 Å². The van der Waals surface area contributed by atoms with Crippen LogP contribution in [0, 0.1) is 11.7 Å². The lowest BCUT2D eigenvalue weighted by Crippen LogP contribution is -2.35. The zero-order valence-electron chi connectivity index (χ0n) is 13.7. The Kier molecular flexibility index (Phi) is 4.94. The van der Waals surface area contributed by atoms with Crippen LogP contribution >= 0.6 is 0 Å². The normalized spacial score (nSPS) is 22.1. The summed E-state index contributed by atoms with van der Waals surface area (Å²) in [6.45, 7) is 1.89. The maximum atomic E-state index is 13.8. The van der Waals surface area contributed by atoms with Gasteiger partial charge in [0.1, 0.15) is 11.5 Å². The van der Waals surface area contributed by atoms with E-state index in [4.69, 9.17) is 0 Å². The lowest BCUT2D eigenvalue weighted by atomic mass is 9.86. The number of aliphatic hydroxyl groups is 1. The minimum atomic E-state index is -0.343. The molecule has 1 heterocycles. The first-order chi connectivity index (χ1) is 11.5. The summed E-state index contributed by atoms with van der Waals surface area (Å²) in [6, 6.07) is 6.22. The molecule has 3 rings (SSSR count). The monoisotopic (exact) mass is 331 g/mol. The zero-order valence-corrected chi connectivity index (χ0v) is 13.7. The molecule has 1 saturated carbocycles. The molecule has 1 fully saturated rings. The van der Waals surface area contributed by atoms with Crippen LogP contribution in [0.25, 0.3) is 5.69 Å². The number of amides is 1. The molecule has 0 radical (unpaired) electrons. The third-order valence-electron chi connectivity index (χ3n) is 4.63. The van der Waals surface area contributed by atoms with Gasteiger partial charge in [-0.1, -0.05) is 12.1 Å². The van der Waals surface area contributed by atoms with Crippen molar-refractivity contribution in [2.75, 3.05) is 0 Å². The van der Waals surface area contributed by atoms with Crippen molar-refractivity contribution in [1.82, 2.24) is 15.1 Å². The number of aromatic nitrogens is 2. The van der Waals surface area contributed by atoms with Gasteiger partial charge in [0.25, 0.3) is 0 Å². The Morgan fingerprint density at radius 2 is 2.04 bits per heavy atom. The van der Waals surface area contributed by atoms with Crippen molar-refractivity contribution in [2.45, 2.75) is 44.8 Å². The number of aliphatic hydroxyl groups excluding tert-OH is 1. The van der Waals surface area contributed by atoms with Crippen molar-refractivity contribution in [3.63, 3.8) is 0 Å². The number of benzene rings is 1. The van der Waals surface area contributed by atoms with Gasteiger partial charge < -0.3 is 10.4 Å². The van der Waals surface area contributed by atoms with Gasteiger partial charge in [0.15, 0.2) is 0 Å². The average molecular weight is 331 g/mol. The summed E-state index contributed by atoms with van der Waals surface area (Å²) >= 11 is 0. The van der Waals surface area contributed by atoms with E-state index in [-0.39, 0.29) is 29.8 Å². The fourth-order valence-electron chi connectivity index (χ4n) is 3.08. The summed E-state index contributed by atoms with van der Waals surface area (Å²) in [4.78, 5) is 12.3. The van der Waals surface area contributed by atoms with E-state index in [1.807, 2.05) is 6.92 Å². The highest BCUT2D eigenvalue weighted by molar-refractivity contribution is 5.79. The molecule has 0 aliphatic heterocycles. The van der Waals surface area contributed by atoms with E-state index in [0.717, 1.165) is 5.56 Å². The minimum Gasteiger partial charge on any atom is -0.393 e. The quantitative estimate of drug-likeness (QED) is 0.905. The number of carbonyl (C=O) groups is 1. The van der Waals surface area contributed by atoms with Gasteiger partial charge in [0.05, 0.1) is 18.3 Å². The Labute approximate surface area is 140 Å². The van der Waals surface area contributed by atoms with Gasteiger partial charge in [-0.3, -0.25) is 4.79 Å². The molecule has 24 heavy (non-hydrogen) atoms. The summed E-state index contributed by atoms with van der Waals surface area (Å²) in [5, 5.41) is 16.7. The van der Waals surface area contributed by atoms with Crippen molar-refractivity contribution in [1.29, 1.82) is 0 Å². The van der Waals surface area contributed by atoms with E-state index in [1.54, 1.807) is 30.6 Å². The molecule has 1 atom stereocenters. The third-order valence-corrected chi connectivity index (χ3v) is 4.63. The molecule has 0 bridgehead atoms. The Bertz CT molecular complexity index is 708. The van der Waals surface area contributed by atoms with Gasteiger partial charge in [-0.15, -0.1) is 0 Å². The number of hydrogen-bond acceptors (Lipinski definition) is 3. The molecule has 0 unspecified atom stereocenters. The number of para-hydroxylation sites is 1. The molecule has 1 amide bonds. The second kappa shape index (κ2) is 7.13. The molecule has 1 aromatic carbocycles. The predicted octanol–water partition coefficient (Wildman–Crippen LogP) is 2.74. The highest BCUT2D eigenvalue weighted by Gasteiger charge is 2.26. The molecule has 1 aliphatic rings. The molecule has 6 heteroatoms. The van der Waals surface area contributed by atoms with Gasteiger partial charge in [-0.25, -0.2) is 9.07 Å². The number of hydrogen-bond donors (Lipinski definition) is 2. The SMILES string of the molecule is C[C@@H](NC(=O)C1CCC(O)CC1)c1cnn(-c2ccccc2F)c1. The first kappa shape index (κ1) is 16.6. The zero-order chi connectivity index (χ0) is 17.1. The minimum absolute atomic E-state index is 0.00745. The lowest BCUT2D eigenvalue weighted by molar-refractivity contribution is -0.127. The number of halogens is 1. The predicted molar refractivity (Wildman–Crippen MR) is 88.0 cm³/mol. The number of carbonyl (C=O) groups excluding carboxylic acids is 1. The fourth-order valence-corrected chi connectivity index (χ4v) is 3.08. The molecule has 1 aliphatic carbocycles. The van der Waals surface area contributed by atoms with E-state index in [9.17, 15) is 14.3 Å². The van der Waals surface area contributed by atoms with E-state index in [2.05, 4.69) is 10.4 Å². The summed E-state index contributed by atoms with van der Waals surface area (Å²) in [5.41, 5.74) is 1.20. The van der Waals surface area contributed by atoms with E-state index < -0.39 is 0 Å².